The lowest BCUT2D eigenvalue weighted by atomic mass is 9.59. The van der Waals surface area contributed by atoms with E-state index in [9.17, 15) is 9.59 Å². The highest BCUT2D eigenvalue weighted by Gasteiger charge is 2.45. The molecule has 1 aliphatic heterocycles. The molecule has 222 valence electrons. The first-order valence-corrected chi connectivity index (χ1v) is 16.1. The van der Waals surface area contributed by atoms with Gasteiger partial charge >= 0.3 is 0 Å². The highest BCUT2D eigenvalue weighted by molar-refractivity contribution is 6.30. The first-order valence-electron chi connectivity index (χ1n) is 15.7. The summed E-state index contributed by atoms with van der Waals surface area (Å²) in [5.41, 5.74) is 3.57. The van der Waals surface area contributed by atoms with Crippen LogP contribution in [0.3, 0.4) is 0 Å². The van der Waals surface area contributed by atoms with Gasteiger partial charge in [0.05, 0.1) is 12.1 Å². The number of carbonyl (C=O) groups is 2. The zero-order valence-corrected chi connectivity index (χ0v) is 25.1. The maximum atomic E-state index is 14.2. The van der Waals surface area contributed by atoms with Crippen LogP contribution < -0.4 is 10.6 Å². The van der Waals surface area contributed by atoms with Crippen molar-refractivity contribution in [3.63, 3.8) is 0 Å². The molecule has 1 aromatic heterocycles. The number of amides is 1. The number of fused-ring (bicyclic) bond motifs is 1. The molecule has 0 saturated heterocycles. The van der Waals surface area contributed by atoms with Crippen molar-refractivity contribution in [1.29, 1.82) is 0 Å². The SMILES string of the molecule is O=C(N[C@H](Cc1ccc(Cl)cc1)C(=O)C1CCC(Cn2cncn2)(C2CCCCC2)CC1)[C@H]1Cc2ccccc2CN1. The highest BCUT2D eigenvalue weighted by Crippen LogP contribution is 2.50. The zero-order valence-electron chi connectivity index (χ0n) is 24.3. The molecule has 2 aliphatic carbocycles. The Kier molecular flexibility index (Phi) is 9.06. The molecule has 2 atom stereocenters. The van der Waals surface area contributed by atoms with Gasteiger partial charge in [-0.2, -0.15) is 5.10 Å². The summed E-state index contributed by atoms with van der Waals surface area (Å²) in [7, 11) is 0. The van der Waals surface area contributed by atoms with E-state index in [2.05, 4.69) is 32.8 Å². The molecule has 7 nitrogen and oxygen atoms in total. The van der Waals surface area contributed by atoms with E-state index >= 15 is 0 Å². The Morgan fingerprint density at radius 3 is 2.45 bits per heavy atom. The number of benzene rings is 2. The maximum absolute atomic E-state index is 14.2. The summed E-state index contributed by atoms with van der Waals surface area (Å²) in [4.78, 5) is 32.0. The summed E-state index contributed by atoms with van der Waals surface area (Å²) in [5.74, 6) is 0.661. The van der Waals surface area contributed by atoms with Crippen LogP contribution in [0.2, 0.25) is 5.02 Å². The lowest BCUT2D eigenvalue weighted by Gasteiger charge is -2.47. The molecule has 2 aromatic carbocycles. The Bertz CT molecular complexity index is 1340. The van der Waals surface area contributed by atoms with Gasteiger partial charge in [-0.15, -0.1) is 0 Å². The fourth-order valence-electron chi connectivity index (χ4n) is 7.80. The van der Waals surface area contributed by atoms with Gasteiger partial charge in [0.1, 0.15) is 12.7 Å². The average Bonchev–Trinajstić information content (AvgIpc) is 3.55. The van der Waals surface area contributed by atoms with Crippen molar-refractivity contribution in [3.8, 4) is 0 Å². The summed E-state index contributed by atoms with van der Waals surface area (Å²) < 4.78 is 2.00. The molecular weight excluding hydrogens is 546 g/mol. The van der Waals surface area contributed by atoms with Crippen LogP contribution in [0.4, 0.5) is 0 Å². The van der Waals surface area contributed by atoms with Crippen LogP contribution in [0.15, 0.2) is 61.2 Å². The molecule has 1 amide bonds. The van der Waals surface area contributed by atoms with Gasteiger partial charge in [-0.05, 0) is 91.5 Å². The normalized spacial score (nSPS) is 25.4. The molecule has 2 fully saturated rings. The molecule has 0 spiro atoms. The second-order valence-corrected chi connectivity index (χ2v) is 13.2. The van der Waals surface area contributed by atoms with E-state index in [-0.39, 0.29) is 29.1 Å². The van der Waals surface area contributed by atoms with Gasteiger partial charge in [0.25, 0.3) is 0 Å². The Hall–Kier alpha value is -3.03. The van der Waals surface area contributed by atoms with Gasteiger partial charge in [0, 0.05) is 24.0 Å². The van der Waals surface area contributed by atoms with Crippen LogP contribution in [0.1, 0.15) is 74.5 Å². The lowest BCUT2D eigenvalue weighted by Crippen LogP contribution is -2.54. The van der Waals surface area contributed by atoms with Gasteiger partial charge in [-0.3, -0.25) is 14.3 Å². The van der Waals surface area contributed by atoms with Gasteiger partial charge in [0.15, 0.2) is 5.78 Å². The van der Waals surface area contributed by atoms with Gasteiger partial charge in [-0.25, -0.2) is 4.98 Å². The number of rotatable bonds is 9. The second-order valence-electron chi connectivity index (χ2n) is 12.8. The van der Waals surface area contributed by atoms with Crippen LogP contribution in [0, 0.1) is 17.3 Å². The third kappa shape index (κ3) is 6.63. The fourth-order valence-corrected chi connectivity index (χ4v) is 7.93. The zero-order chi connectivity index (χ0) is 28.9. The second kappa shape index (κ2) is 13.1. The number of Topliss-reactive ketones (excluding diaryl/α,β-unsaturated/α-hetero) is 1. The summed E-state index contributed by atoms with van der Waals surface area (Å²) in [6.07, 6.45) is 14.7. The van der Waals surface area contributed by atoms with Crippen LogP contribution >= 0.6 is 11.6 Å². The number of ketones is 1. The van der Waals surface area contributed by atoms with Gasteiger partial charge in [-0.1, -0.05) is 67.3 Å². The molecule has 0 radical (unpaired) electrons. The molecule has 0 bridgehead atoms. The number of hydrogen-bond donors (Lipinski definition) is 2. The number of nitrogens with one attached hydrogen (secondary N) is 2. The predicted octanol–water partition coefficient (Wildman–Crippen LogP) is 5.70. The van der Waals surface area contributed by atoms with E-state index in [0.717, 1.165) is 37.8 Å². The van der Waals surface area contributed by atoms with Crippen molar-refractivity contribution in [2.45, 2.75) is 95.8 Å². The van der Waals surface area contributed by atoms with Crippen molar-refractivity contribution in [3.05, 3.63) is 82.9 Å². The summed E-state index contributed by atoms with van der Waals surface area (Å²) in [6, 6.07) is 14.9. The number of aromatic nitrogens is 3. The van der Waals surface area contributed by atoms with E-state index in [4.69, 9.17) is 11.6 Å². The van der Waals surface area contributed by atoms with Crippen molar-refractivity contribution >= 4 is 23.3 Å². The van der Waals surface area contributed by atoms with Crippen molar-refractivity contribution in [2.24, 2.45) is 17.3 Å². The standard InChI is InChI=1S/C34H42ClN5O2/c35-29-12-10-24(11-13-29)18-30(39-33(42)31-19-26-6-4-5-7-27(26)20-37-31)32(41)25-14-16-34(17-15-25,21-40-23-36-22-38-40)28-8-2-1-3-9-28/h4-7,10-13,22-23,25,28,30-31,37H,1-3,8-9,14-21H2,(H,39,42)/t25?,30-,31-,34?/m1/s1. The Morgan fingerprint density at radius 2 is 1.74 bits per heavy atom. The molecule has 2 saturated carbocycles. The van der Waals surface area contributed by atoms with Gasteiger partial charge < -0.3 is 10.6 Å². The quantitative estimate of drug-likeness (QED) is 0.335. The highest BCUT2D eigenvalue weighted by atomic mass is 35.5. The molecular formula is C34H42ClN5O2. The Balaban J connectivity index is 1.17. The van der Waals surface area contributed by atoms with Crippen molar-refractivity contribution < 1.29 is 9.59 Å². The van der Waals surface area contributed by atoms with E-state index in [1.54, 1.807) is 6.33 Å². The minimum Gasteiger partial charge on any atom is -0.345 e. The molecule has 8 heteroatoms. The van der Waals surface area contributed by atoms with Crippen LogP contribution in [0.5, 0.6) is 0 Å². The Morgan fingerprint density at radius 1 is 1.00 bits per heavy atom. The predicted molar refractivity (Wildman–Crippen MR) is 164 cm³/mol. The topological polar surface area (TPSA) is 88.9 Å². The smallest absolute Gasteiger partial charge is 0.238 e. The lowest BCUT2D eigenvalue weighted by molar-refractivity contribution is -0.132. The average molecular weight is 588 g/mol. The van der Waals surface area contributed by atoms with Crippen molar-refractivity contribution in [1.82, 2.24) is 25.4 Å². The molecule has 0 unspecified atom stereocenters. The molecule has 2 heterocycles. The van der Waals surface area contributed by atoms with E-state index < -0.39 is 6.04 Å². The van der Waals surface area contributed by atoms with E-state index in [1.807, 2.05) is 47.4 Å². The van der Waals surface area contributed by atoms with Crippen LogP contribution in [-0.4, -0.2) is 38.5 Å². The third-order valence-corrected chi connectivity index (χ3v) is 10.5. The summed E-state index contributed by atoms with van der Waals surface area (Å²) in [6.45, 7) is 1.53. The van der Waals surface area contributed by atoms with Crippen LogP contribution in [0.25, 0.3) is 0 Å². The largest absolute Gasteiger partial charge is 0.345 e. The fraction of sp³-hybridized carbons (Fsp3) is 0.529. The van der Waals surface area contributed by atoms with Crippen molar-refractivity contribution in [2.75, 3.05) is 0 Å². The molecule has 42 heavy (non-hydrogen) atoms. The molecule has 3 aliphatic rings. The van der Waals surface area contributed by atoms with Gasteiger partial charge in [0.2, 0.25) is 5.91 Å². The summed E-state index contributed by atoms with van der Waals surface area (Å²) >= 11 is 6.15. The van der Waals surface area contributed by atoms with E-state index in [1.165, 1.54) is 43.2 Å². The van der Waals surface area contributed by atoms with E-state index in [0.29, 0.717) is 30.3 Å². The third-order valence-electron chi connectivity index (χ3n) is 10.2. The first kappa shape index (κ1) is 29.1. The molecule has 3 aromatic rings. The Labute approximate surface area is 253 Å². The minimum absolute atomic E-state index is 0.0601. The number of halogens is 1. The minimum atomic E-state index is -0.569. The number of carbonyl (C=O) groups excluding carboxylic acids is 2. The number of nitrogens with zero attached hydrogens (tertiary/aromatic N) is 3. The first-order chi connectivity index (χ1) is 20.5. The molecule has 2 N–H and O–H groups in total. The number of hydrogen-bond acceptors (Lipinski definition) is 5. The summed E-state index contributed by atoms with van der Waals surface area (Å²) in [5, 5.41) is 11.7. The monoisotopic (exact) mass is 587 g/mol. The maximum Gasteiger partial charge on any atom is 0.238 e. The molecule has 6 rings (SSSR count). The van der Waals surface area contributed by atoms with Crippen LogP contribution in [-0.2, 0) is 35.5 Å².